The van der Waals surface area contributed by atoms with Gasteiger partial charge in [0.15, 0.2) is 0 Å². The third-order valence-electron chi connectivity index (χ3n) is 5.17. The molecule has 0 unspecified atom stereocenters. The van der Waals surface area contributed by atoms with Gasteiger partial charge in [0.2, 0.25) is 5.91 Å². The molecule has 1 atom stereocenters. The summed E-state index contributed by atoms with van der Waals surface area (Å²) in [6, 6.07) is 14.4. The van der Waals surface area contributed by atoms with Gasteiger partial charge in [0.25, 0.3) is 5.91 Å². The average Bonchev–Trinajstić information content (AvgIpc) is 2.78. The first kappa shape index (κ1) is 20.6. The lowest BCUT2D eigenvalue weighted by atomic mass is 9.94. The molecule has 1 aliphatic rings. The van der Waals surface area contributed by atoms with Crippen LogP contribution in [0.25, 0.3) is 11.1 Å². The van der Waals surface area contributed by atoms with Crippen molar-refractivity contribution in [2.24, 2.45) is 0 Å². The zero-order chi connectivity index (χ0) is 20.8. The molecule has 1 fully saturated rings. The van der Waals surface area contributed by atoms with Crippen LogP contribution in [0, 0.1) is 0 Å². The lowest BCUT2D eigenvalue weighted by Crippen LogP contribution is -2.49. The van der Waals surface area contributed by atoms with Crippen molar-refractivity contribution in [1.82, 2.24) is 10.2 Å². The molecule has 3 rings (SSSR count). The Morgan fingerprint density at radius 2 is 1.66 bits per heavy atom. The average molecular weight is 394 g/mol. The second-order valence-corrected chi connectivity index (χ2v) is 7.09. The summed E-state index contributed by atoms with van der Waals surface area (Å²) < 4.78 is 4.90. The normalized spacial score (nSPS) is 16.2. The molecular weight excluding hydrogens is 368 g/mol. The molecule has 1 heterocycles. The Balaban J connectivity index is 1.91. The van der Waals surface area contributed by atoms with Gasteiger partial charge in [0.1, 0.15) is 0 Å². The predicted octanol–water partition coefficient (Wildman–Crippen LogP) is 3.27. The summed E-state index contributed by atoms with van der Waals surface area (Å²) in [4.78, 5) is 39.1. The molecule has 29 heavy (non-hydrogen) atoms. The largest absolute Gasteiger partial charge is 0.465 e. The van der Waals surface area contributed by atoms with Crippen LogP contribution in [0.4, 0.5) is 0 Å². The zero-order valence-corrected chi connectivity index (χ0v) is 16.8. The van der Waals surface area contributed by atoms with Crippen molar-refractivity contribution < 1.29 is 19.1 Å². The number of carbonyl (C=O) groups excluding carboxylic acids is 3. The van der Waals surface area contributed by atoms with Gasteiger partial charge in [0, 0.05) is 31.1 Å². The first-order chi connectivity index (χ1) is 14.0. The van der Waals surface area contributed by atoms with Crippen LogP contribution in [0.3, 0.4) is 0 Å². The molecule has 1 aliphatic heterocycles. The number of benzene rings is 2. The van der Waals surface area contributed by atoms with Gasteiger partial charge in [-0.3, -0.25) is 9.59 Å². The highest BCUT2D eigenvalue weighted by atomic mass is 16.5. The van der Waals surface area contributed by atoms with E-state index < -0.39 is 5.97 Å². The van der Waals surface area contributed by atoms with E-state index in [4.69, 9.17) is 4.74 Å². The lowest BCUT2D eigenvalue weighted by molar-refractivity contribution is -0.121. The summed E-state index contributed by atoms with van der Waals surface area (Å²) in [5.74, 6) is -0.546. The molecule has 2 amide bonds. The quantitative estimate of drug-likeness (QED) is 0.790. The number of methoxy groups -OCH3 is 1. The van der Waals surface area contributed by atoms with Crippen LogP contribution in [-0.2, 0) is 9.53 Å². The maximum absolute atomic E-state index is 13.3. The number of hydrogen-bond acceptors (Lipinski definition) is 4. The molecule has 0 spiro atoms. The molecule has 1 N–H and O–H groups in total. The molecule has 1 saturated heterocycles. The summed E-state index contributed by atoms with van der Waals surface area (Å²) in [6.45, 7) is 2.94. The Hall–Kier alpha value is -3.15. The van der Waals surface area contributed by atoms with Gasteiger partial charge < -0.3 is 15.0 Å². The topological polar surface area (TPSA) is 75.7 Å². The summed E-state index contributed by atoms with van der Waals surface area (Å²) in [5.41, 5.74) is 2.31. The van der Waals surface area contributed by atoms with Crippen LogP contribution in [0.2, 0.25) is 0 Å². The van der Waals surface area contributed by atoms with E-state index in [0.717, 1.165) is 12.8 Å². The molecule has 0 aromatic heterocycles. The summed E-state index contributed by atoms with van der Waals surface area (Å²) in [5, 5.41) is 2.99. The smallest absolute Gasteiger partial charge is 0.338 e. The van der Waals surface area contributed by atoms with Gasteiger partial charge >= 0.3 is 5.97 Å². The number of hydrogen-bond donors (Lipinski definition) is 1. The number of amides is 2. The fourth-order valence-electron chi connectivity index (χ4n) is 3.69. The zero-order valence-electron chi connectivity index (χ0n) is 16.8. The van der Waals surface area contributed by atoms with E-state index in [-0.39, 0.29) is 17.9 Å². The van der Waals surface area contributed by atoms with Crippen molar-refractivity contribution in [2.45, 2.75) is 32.2 Å². The number of esters is 1. The van der Waals surface area contributed by atoms with Crippen molar-refractivity contribution in [1.29, 1.82) is 0 Å². The molecule has 152 valence electrons. The molecule has 6 heteroatoms. The Bertz CT molecular complexity index is 909. The number of rotatable bonds is 5. The molecule has 0 aliphatic carbocycles. The van der Waals surface area contributed by atoms with Crippen LogP contribution >= 0.6 is 0 Å². The highest BCUT2D eigenvalue weighted by Gasteiger charge is 2.27. The number of nitrogens with zero attached hydrogens (tertiary/aromatic N) is 1. The minimum absolute atomic E-state index is 0.00305. The monoisotopic (exact) mass is 394 g/mol. The van der Waals surface area contributed by atoms with Gasteiger partial charge in [-0.15, -0.1) is 0 Å². The standard InChI is InChI=1S/C23H26N2O4/c1-3-21(26)24-16-9-8-14-25(15-16)22(27)19-12-6-4-10-17(19)18-11-5-7-13-20(18)23(28)29-2/h4-7,10-13,16H,3,8-9,14-15H2,1-2H3,(H,24,26)/t16-/m1/s1. The first-order valence-corrected chi connectivity index (χ1v) is 9.90. The van der Waals surface area contributed by atoms with E-state index in [0.29, 0.717) is 41.8 Å². The number of nitrogens with one attached hydrogen (secondary N) is 1. The van der Waals surface area contributed by atoms with E-state index in [1.165, 1.54) is 7.11 Å². The maximum atomic E-state index is 13.3. The van der Waals surface area contributed by atoms with Crippen LogP contribution < -0.4 is 5.32 Å². The highest BCUT2D eigenvalue weighted by molar-refractivity contribution is 6.05. The van der Waals surface area contributed by atoms with Crippen LogP contribution in [0.1, 0.15) is 46.9 Å². The molecule has 6 nitrogen and oxygen atoms in total. The van der Waals surface area contributed by atoms with Gasteiger partial charge in [-0.25, -0.2) is 4.79 Å². The van der Waals surface area contributed by atoms with Crippen LogP contribution in [0.5, 0.6) is 0 Å². The SMILES string of the molecule is CCC(=O)N[C@@H]1CCCN(C(=O)c2ccccc2-c2ccccc2C(=O)OC)C1. The van der Waals surface area contributed by atoms with Crippen LogP contribution in [-0.4, -0.2) is 48.9 Å². The third-order valence-corrected chi connectivity index (χ3v) is 5.17. The Labute approximate surface area is 170 Å². The van der Waals surface area contributed by atoms with E-state index in [1.807, 2.05) is 37.3 Å². The van der Waals surface area contributed by atoms with Crippen LogP contribution in [0.15, 0.2) is 48.5 Å². The molecule has 0 radical (unpaired) electrons. The minimum Gasteiger partial charge on any atom is -0.465 e. The third kappa shape index (κ3) is 4.65. The summed E-state index contributed by atoms with van der Waals surface area (Å²) >= 11 is 0. The Morgan fingerprint density at radius 1 is 1.03 bits per heavy atom. The second kappa shape index (κ2) is 9.37. The first-order valence-electron chi connectivity index (χ1n) is 9.90. The Kier molecular flexibility index (Phi) is 6.65. The van der Waals surface area contributed by atoms with Crippen molar-refractivity contribution in [3.8, 4) is 11.1 Å². The van der Waals surface area contributed by atoms with E-state index in [2.05, 4.69) is 5.32 Å². The second-order valence-electron chi connectivity index (χ2n) is 7.09. The predicted molar refractivity (Wildman–Crippen MR) is 111 cm³/mol. The summed E-state index contributed by atoms with van der Waals surface area (Å²) in [6.07, 6.45) is 2.13. The maximum Gasteiger partial charge on any atom is 0.338 e. The fraction of sp³-hybridized carbons (Fsp3) is 0.348. The number of ether oxygens (including phenoxy) is 1. The molecule has 2 aromatic carbocycles. The number of piperidine rings is 1. The van der Waals surface area contributed by atoms with Crippen molar-refractivity contribution in [3.05, 3.63) is 59.7 Å². The van der Waals surface area contributed by atoms with E-state index in [1.54, 1.807) is 23.1 Å². The number of carbonyl (C=O) groups is 3. The van der Waals surface area contributed by atoms with Gasteiger partial charge in [-0.2, -0.15) is 0 Å². The van der Waals surface area contributed by atoms with Crippen molar-refractivity contribution in [3.63, 3.8) is 0 Å². The highest BCUT2D eigenvalue weighted by Crippen LogP contribution is 2.29. The molecule has 0 bridgehead atoms. The molecule has 2 aromatic rings. The fourth-order valence-corrected chi connectivity index (χ4v) is 3.69. The lowest BCUT2D eigenvalue weighted by Gasteiger charge is -2.33. The van der Waals surface area contributed by atoms with Gasteiger partial charge in [-0.1, -0.05) is 43.3 Å². The van der Waals surface area contributed by atoms with Crippen molar-refractivity contribution >= 4 is 17.8 Å². The summed E-state index contributed by atoms with van der Waals surface area (Å²) in [7, 11) is 1.34. The van der Waals surface area contributed by atoms with Gasteiger partial charge in [0.05, 0.1) is 12.7 Å². The van der Waals surface area contributed by atoms with Crippen molar-refractivity contribution in [2.75, 3.05) is 20.2 Å². The minimum atomic E-state index is -0.442. The van der Waals surface area contributed by atoms with E-state index in [9.17, 15) is 14.4 Å². The Morgan fingerprint density at radius 3 is 2.31 bits per heavy atom. The number of likely N-dealkylation sites (tertiary alicyclic amines) is 1. The molecular formula is C23H26N2O4. The van der Waals surface area contributed by atoms with Gasteiger partial charge in [-0.05, 0) is 36.1 Å². The molecule has 0 saturated carbocycles. The van der Waals surface area contributed by atoms with E-state index >= 15 is 0 Å².